The number of aromatic carboxylic acids is 1. The van der Waals surface area contributed by atoms with Crippen molar-refractivity contribution >= 4 is 62.9 Å². The van der Waals surface area contributed by atoms with Crippen LogP contribution in [0.25, 0.3) is 32.8 Å². The Hall–Kier alpha value is -6.78. The van der Waals surface area contributed by atoms with Gasteiger partial charge < -0.3 is 33.5 Å². The molecule has 2 fully saturated rings. The Labute approximate surface area is 377 Å². The van der Waals surface area contributed by atoms with Gasteiger partial charge in [0.05, 0.1) is 34.9 Å². The fourth-order valence-corrected chi connectivity index (χ4v) is 9.71. The average molecular weight is 905 g/mol. The van der Waals surface area contributed by atoms with E-state index in [1.54, 1.807) is 42.2 Å². The van der Waals surface area contributed by atoms with E-state index in [0.717, 1.165) is 16.2 Å². The summed E-state index contributed by atoms with van der Waals surface area (Å²) in [5.41, 5.74) is 4.41. The van der Waals surface area contributed by atoms with Crippen LogP contribution in [0.2, 0.25) is 5.02 Å². The predicted molar refractivity (Wildman–Crippen MR) is 238 cm³/mol. The Kier molecular flexibility index (Phi) is 12.0. The zero-order chi connectivity index (χ0) is 45.5. The fraction of sp³-hybridized carbons (Fsp3) is 0.333. The molecule has 1 unspecified atom stereocenters. The number of carbonyl (C=O) groups excluding carboxylic acids is 4. The number of carbonyl (C=O) groups is 5. The highest BCUT2D eigenvalue weighted by Crippen LogP contribution is 2.42. The molecule has 336 valence electrons. The second kappa shape index (κ2) is 18.0. The Morgan fingerprint density at radius 3 is 2.46 bits per heavy atom. The largest absolute Gasteiger partial charge is 0.493 e. The summed E-state index contributed by atoms with van der Waals surface area (Å²) in [6.07, 6.45) is 1.26. The summed E-state index contributed by atoms with van der Waals surface area (Å²) in [5, 5.41) is 20.0. The summed E-state index contributed by atoms with van der Waals surface area (Å²) in [6.45, 7) is 6.48. The molecule has 0 spiro atoms. The van der Waals surface area contributed by atoms with Crippen molar-refractivity contribution in [2.75, 3.05) is 45.9 Å². The minimum atomic E-state index is -1.08. The number of piperazine rings is 1. The summed E-state index contributed by atoms with van der Waals surface area (Å²) < 4.78 is 33.5. The van der Waals surface area contributed by atoms with Gasteiger partial charge in [0.25, 0.3) is 11.8 Å². The second-order valence-electron chi connectivity index (χ2n) is 16.6. The van der Waals surface area contributed by atoms with E-state index in [-0.39, 0.29) is 61.8 Å². The van der Waals surface area contributed by atoms with E-state index < -0.39 is 17.9 Å². The number of imide groups is 1. The summed E-state index contributed by atoms with van der Waals surface area (Å²) >= 11 is 6.97. The first-order valence-corrected chi connectivity index (χ1v) is 22.0. The maximum atomic E-state index is 13.9. The van der Waals surface area contributed by atoms with Gasteiger partial charge in [-0.15, -0.1) is 0 Å². The van der Waals surface area contributed by atoms with Gasteiger partial charge in [-0.1, -0.05) is 41.0 Å². The zero-order valence-corrected chi connectivity index (χ0v) is 36.6. The van der Waals surface area contributed by atoms with Crippen LogP contribution in [0, 0.1) is 19.7 Å². The number of nitrogens with one attached hydrogen (secondary N) is 1. The molecule has 9 rings (SSSR count). The number of fused-ring (bicyclic) bond motifs is 3. The lowest BCUT2D eigenvalue weighted by molar-refractivity contribution is -0.137. The van der Waals surface area contributed by atoms with Crippen LogP contribution in [0.5, 0.6) is 11.5 Å². The Morgan fingerprint density at radius 1 is 0.938 bits per heavy atom. The molecule has 4 amide bonds. The number of aryl methyl sites for hydroxylation is 3. The smallest absolute Gasteiger partial charge is 0.352 e. The number of aromatic nitrogens is 2. The second-order valence-corrected chi connectivity index (χ2v) is 17.0. The molecule has 0 aliphatic carbocycles. The number of hydrogen-bond donors (Lipinski definition) is 2. The molecule has 0 radical (unpaired) electrons. The molecule has 17 heteroatoms. The number of carboxylic acid groups (broad SMARTS) is 1. The first-order valence-electron chi connectivity index (χ1n) is 21.6. The molecule has 1 atom stereocenters. The molecule has 3 aliphatic heterocycles. The number of carboxylic acids is 1. The SMILES string of the molecule is Cc1noc(C)c1-c1c(Cl)ccc2c(CCCOc3cccc4cc(F)ccc34)c(C(=O)O)n(CCN3CCN(C(=O)COc4cccc5c4CN(C4CCC(=O)NC4=O)C5=O)CC3)c12. The number of piperidine rings is 1. The van der Waals surface area contributed by atoms with E-state index in [1.807, 2.05) is 35.8 Å². The van der Waals surface area contributed by atoms with E-state index in [0.29, 0.717) is 113 Å². The van der Waals surface area contributed by atoms with E-state index in [4.69, 9.17) is 25.6 Å². The average Bonchev–Trinajstić information content (AvgIpc) is 3.92. The van der Waals surface area contributed by atoms with Gasteiger partial charge >= 0.3 is 5.97 Å². The van der Waals surface area contributed by atoms with Crippen LogP contribution < -0.4 is 14.8 Å². The lowest BCUT2D eigenvalue weighted by Crippen LogP contribution is -2.52. The van der Waals surface area contributed by atoms with Crippen LogP contribution in [-0.2, 0) is 33.9 Å². The third-order valence-electron chi connectivity index (χ3n) is 12.7. The van der Waals surface area contributed by atoms with Crippen LogP contribution in [0.1, 0.15) is 62.7 Å². The van der Waals surface area contributed by atoms with Gasteiger partial charge in [-0.25, -0.2) is 9.18 Å². The molecule has 0 bridgehead atoms. The van der Waals surface area contributed by atoms with Gasteiger partial charge in [-0.05, 0) is 86.5 Å². The fourth-order valence-electron chi connectivity index (χ4n) is 9.46. The van der Waals surface area contributed by atoms with Crippen molar-refractivity contribution in [3.8, 4) is 22.6 Å². The van der Waals surface area contributed by atoms with E-state index in [1.165, 1.54) is 17.0 Å². The van der Waals surface area contributed by atoms with Crippen LogP contribution >= 0.6 is 11.6 Å². The molecular formula is C48H46ClFN6O9. The minimum Gasteiger partial charge on any atom is -0.493 e. The van der Waals surface area contributed by atoms with Gasteiger partial charge in [0.15, 0.2) is 6.61 Å². The molecule has 0 saturated carbocycles. The number of hydrogen-bond acceptors (Lipinski definition) is 10. The highest BCUT2D eigenvalue weighted by atomic mass is 35.5. The molecule has 4 aromatic carbocycles. The topological polar surface area (TPSA) is 177 Å². The van der Waals surface area contributed by atoms with Crippen molar-refractivity contribution in [1.29, 1.82) is 0 Å². The molecule has 2 saturated heterocycles. The summed E-state index contributed by atoms with van der Waals surface area (Å²) in [4.78, 5) is 69.7. The molecule has 5 heterocycles. The number of amides is 4. The Bertz CT molecular complexity index is 2880. The number of halogens is 2. The van der Waals surface area contributed by atoms with Crippen molar-refractivity contribution < 1.29 is 47.5 Å². The molecule has 2 aromatic heterocycles. The molecule has 6 aromatic rings. The quantitative estimate of drug-likeness (QED) is 0.0895. The van der Waals surface area contributed by atoms with Crippen molar-refractivity contribution in [3.63, 3.8) is 0 Å². The Balaban J connectivity index is 0.886. The van der Waals surface area contributed by atoms with Crippen molar-refractivity contribution in [3.05, 3.63) is 111 Å². The van der Waals surface area contributed by atoms with Crippen LogP contribution in [0.15, 0.2) is 71.3 Å². The highest BCUT2D eigenvalue weighted by Gasteiger charge is 2.40. The zero-order valence-electron chi connectivity index (χ0n) is 35.8. The van der Waals surface area contributed by atoms with E-state index >= 15 is 0 Å². The number of ether oxygens (including phenoxy) is 2. The molecule has 15 nitrogen and oxygen atoms in total. The van der Waals surface area contributed by atoms with E-state index in [2.05, 4.69) is 15.4 Å². The molecule has 3 aliphatic rings. The summed E-state index contributed by atoms with van der Waals surface area (Å²) in [5.74, 6) is -1.28. The maximum Gasteiger partial charge on any atom is 0.352 e. The maximum absolute atomic E-state index is 13.9. The number of rotatable bonds is 14. The third-order valence-corrected chi connectivity index (χ3v) is 13.0. The summed E-state index contributed by atoms with van der Waals surface area (Å²) in [7, 11) is 0. The minimum absolute atomic E-state index is 0.127. The van der Waals surface area contributed by atoms with Crippen LogP contribution in [0.3, 0.4) is 0 Å². The normalized spacial score (nSPS) is 16.7. The lowest BCUT2D eigenvalue weighted by atomic mass is 9.98. The van der Waals surface area contributed by atoms with Crippen LogP contribution in [0.4, 0.5) is 4.39 Å². The first-order chi connectivity index (χ1) is 31.4. The molecule has 65 heavy (non-hydrogen) atoms. The van der Waals surface area contributed by atoms with Gasteiger partial charge in [-0.2, -0.15) is 0 Å². The van der Waals surface area contributed by atoms with E-state index in [9.17, 15) is 33.5 Å². The summed E-state index contributed by atoms with van der Waals surface area (Å²) in [6, 6.07) is 17.9. The highest BCUT2D eigenvalue weighted by molar-refractivity contribution is 6.35. The standard InChI is InChI=1S/C48H46ClFN6O9/c1-27-42(28(2)65-52-27)43-36(49)14-13-33-32(8-5-23-63-38-9-3-6-29-24-30(50)11-12-31(29)38)45(48(61)62)55(44(33)43)22-19-53-17-20-54(21-18-53)41(58)26-64-39-10-4-7-34-35(39)25-56(47(34)60)37-15-16-40(57)51-46(37)59/h3-4,6-7,9-14,24,37H,5,8,15-23,25-26H2,1-2H3,(H,61,62)(H,51,57,59). The van der Waals surface area contributed by atoms with Gasteiger partial charge in [0.1, 0.15) is 34.8 Å². The molecular weight excluding hydrogens is 859 g/mol. The first kappa shape index (κ1) is 43.5. The van der Waals surface area contributed by atoms with Crippen molar-refractivity contribution in [2.24, 2.45) is 0 Å². The lowest BCUT2D eigenvalue weighted by Gasteiger charge is -2.35. The van der Waals surface area contributed by atoms with Crippen molar-refractivity contribution in [1.82, 2.24) is 29.7 Å². The van der Waals surface area contributed by atoms with Crippen LogP contribution in [-0.4, -0.2) is 111 Å². The third kappa shape index (κ3) is 8.39. The van der Waals surface area contributed by atoms with Gasteiger partial charge in [0, 0.05) is 73.2 Å². The monoisotopic (exact) mass is 904 g/mol. The van der Waals surface area contributed by atoms with Gasteiger partial charge in [0.2, 0.25) is 11.8 Å². The van der Waals surface area contributed by atoms with Crippen molar-refractivity contribution in [2.45, 2.75) is 58.7 Å². The Morgan fingerprint density at radius 2 is 1.71 bits per heavy atom. The predicted octanol–water partition coefficient (Wildman–Crippen LogP) is 6.55. The number of benzene rings is 4. The molecule has 2 N–H and O–H groups in total. The number of nitrogens with zero attached hydrogens (tertiary/aromatic N) is 5. The van der Waals surface area contributed by atoms with Gasteiger partial charge in [-0.3, -0.25) is 29.4 Å².